The summed E-state index contributed by atoms with van der Waals surface area (Å²) in [5.74, 6) is 0.902. The molecule has 2 aromatic carbocycles. The molecule has 7 heteroatoms. The van der Waals surface area contributed by atoms with Crippen LogP contribution in [0.3, 0.4) is 0 Å². The SMILES string of the molecule is CC1(C)CC(=O)C2=C(C1)Nc1nc(SC(c3ccccc3)c3ccccc3)nn1C2c1cccs1. The molecule has 0 bridgehead atoms. The quantitative estimate of drug-likeness (QED) is 0.304. The van der Waals surface area contributed by atoms with Gasteiger partial charge in [-0.2, -0.15) is 4.98 Å². The summed E-state index contributed by atoms with van der Waals surface area (Å²) in [6.07, 6.45) is 1.37. The van der Waals surface area contributed by atoms with Crippen molar-refractivity contribution in [1.29, 1.82) is 0 Å². The lowest BCUT2D eigenvalue weighted by molar-refractivity contribution is -0.118. The molecule has 0 saturated carbocycles. The maximum Gasteiger partial charge on any atom is 0.227 e. The molecular weight excluding hydrogens is 472 g/mol. The van der Waals surface area contributed by atoms with Gasteiger partial charge in [0.25, 0.3) is 0 Å². The van der Waals surface area contributed by atoms with E-state index in [2.05, 4.69) is 79.1 Å². The van der Waals surface area contributed by atoms with Gasteiger partial charge >= 0.3 is 0 Å². The molecule has 2 aromatic heterocycles. The van der Waals surface area contributed by atoms with Crippen LogP contribution in [0.4, 0.5) is 5.95 Å². The van der Waals surface area contributed by atoms with Crippen LogP contribution in [0.25, 0.3) is 0 Å². The van der Waals surface area contributed by atoms with Crippen LogP contribution in [0, 0.1) is 5.41 Å². The van der Waals surface area contributed by atoms with E-state index in [1.54, 1.807) is 23.1 Å². The number of allylic oxidation sites excluding steroid dienone is 2. The van der Waals surface area contributed by atoms with Crippen molar-refractivity contribution >= 4 is 34.8 Å². The topological polar surface area (TPSA) is 59.8 Å². The Morgan fingerprint density at radius 1 is 1.00 bits per heavy atom. The lowest BCUT2D eigenvalue weighted by Crippen LogP contribution is -2.36. The number of aromatic nitrogens is 3. The van der Waals surface area contributed by atoms with Crippen LogP contribution in [0.15, 0.2) is 94.6 Å². The fraction of sp³-hybridized carbons (Fsp3) is 0.250. The van der Waals surface area contributed by atoms with Crippen LogP contribution < -0.4 is 5.32 Å². The van der Waals surface area contributed by atoms with Crippen LogP contribution in [0.5, 0.6) is 0 Å². The van der Waals surface area contributed by atoms with Crippen molar-refractivity contribution in [2.45, 2.75) is 43.1 Å². The van der Waals surface area contributed by atoms with E-state index in [0.29, 0.717) is 17.5 Å². The second-order valence-electron chi connectivity index (χ2n) is 9.86. The molecule has 0 amide bonds. The van der Waals surface area contributed by atoms with E-state index in [1.165, 1.54) is 11.1 Å². The Balaban J connectivity index is 1.41. The first kappa shape index (κ1) is 22.3. The van der Waals surface area contributed by atoms with Crippen molar-refractivity contribution < 1.29 is 4.79 Å². The molecule has 0 saturated heterocycles. The van der Waals surface area contributed by atoms with Gasteiger partial charge in [0.05, 0.1) is 5.25 Å². The van der Waals surface area contributed by atoms with Gasteiger partial charge in [-0.15, -0.1) is 16.4 Å². The largest absolute Gasteiger partial charge is 0.328 e. The number of nitrogens with one attached hydrogen (secondary N) is 1. The molecule has 5 nitrogen and oxygen atoms in total. The summed E-state index contributed by atoms with van der Waals surface area (Å²) < 4.78 is 1.91. The number of carbonyl (C=O) groups excluding carboxylic acids is 1. The Morgan fingerprint density at radius 3 is 2.31 bits per heavy atom. The molecule has 1 aliphatic heterocycles. The minimum absolute atomic E-state index is 0.0604. The third-order valence-electron chi connectivity index (χ3n) is 6.55. The van der Waals surface area contributed by atoms with E-state index in [-0.39, 0.29) is 22.5 Å². The highest BCUT2D eigenvalue weighted by Crippen LogP contribution is 2.47. The number of anilines is 1. The summed E-state index contributed by atoms with van der Waals surface area (Å²) >= 11 is 3.30. The van der Waals surface area contributed by atoms with Crippen LogP contribution in [-0.2, 0) is 4.79 Å². The predicted molar refractivity (Wildman–Crippen MR) is 142 cm³/mol. The van der Waals surface area contributed by atoms with Gasteiger partial charge in [-0.05, 0) is 34.4 Å². The van der Waals surface area contributed by atoms with Crippen molar-refractivity contribution in [2.75, 3.05) is 5.32 Å². The summed E-state index contributed by atoms with van der Waals surface area (Å²) in [4.78, 5) is 19.4. The highest BCUT2D eigenvalue weighted by Gasteiger charge is 2.42. The van der Waals surface area contributed by atoms with Gasteiger partial charge in [-0.1, -0.05) is 92.3 Å². The molecule has 35 heavy (non-hydrogen) atoms. The number of thiophene rings is 1. The van der Waals surface area contributed by atoms with E-state index in [9.17, 15) is 4.79 Å². The number of fused-ring (bicyclic) bond motifs is 1. The maximum atomic E-state index is 13.4. The van der Waals surface area contributed by atoms with Gasteiger partial charge in [-0.25, -0.2) is 4.68 Å². The number of rotatable bonds is 5. The molecule has 176 valence electrons. The third-order valence-corrected chi connectivity index (χ3v) is 8.64. The number of benzene rings is 2. The molecule has 1 atom stereocenters. The minimum atomic E-state index is -0.237. The molecule has 3 heterocycles. The number of carbonyl (C=O) groups is 1. The van der Waals surface area contributed by atoms with E-state index < -0.39 is 0 Å². The summed E-state index contributed by atoms with van der Waals surface area (Å²) in [7, 11) is 0. The zero-order chi connectivity index (χ0) is 24.0. The zero-order valence-electron chi connectivity index (χ0n) is 19.6. The first-order valence-corrected chi connectivity index (χ1v) is 13.5. The van der Waals surface area contributed by atoms with Crippen LogP contribution in [0.1, 0.15) is 54.0 Å². The normalized spacial score (nSPS) is 18.8. The van der Waals surface area contributed by atoms with Gasteiger partial charge in [0, 0.05) is 22.6 Å². The zero-order valence-corrected chi connectivity index (χ0v) is 21.3. The molecule has 4 aromatic rings. The number of hydrogen-bond donors (Lipinski definition) is 1. The molecule has 1 N–H and O–H groups in total. The highest BCUT2D eigenvalue weighted by molar-refractivity contribution is 7.99. The highest BCUT2D eigenvalue weighted by atomic mass is 32.2. The number of thioether (sulfide) groups is 1. The maximum absolute atomic E-state index is 13.4. The van der Waals surface area contributed by atoms with Crippen molar-refractivity contribution in [3.63, 3.8) is 0 Å². The number of ketones is 1. The van der Waals surface area contributed by atoms with Crippen LogP contribution in [0.2, 0.25) is 0 Å². The van der Waals surface area contributed by atoms with Gasteiger partial charge in [0.2, 0.25) is 11.1 Å². The van der Waals surface area contributed by atoms with Crippen molar-refractivity contribution in [2.24, 2.45) is 5.41 Å². The molecule has 0 fully saturated rings. The molecule has 1 aliphatic carbocycles. The molecular formula is C28H26N4OS2. The smallest absolute Gasteiger partial charge is 0.227 e. The molecule has 0 spiro atoms. The van der Waals surface area contributed by atoms with Gasteiger partial charge < -0.3 is 5.32 Å². The summed E-state index contributed by atoms with van der Waals surface area (Å²) in [6, 6.07) is 24.8. The Kier molecular flexibility index (Phi) is 5.61. The molecule has 2 aliphatic rings. The summed E-state index contributed by atoms with van der Waals surface area (Å²) in [6.45, 7) is 4.31. The predicted octanol–water partition coefficient (Wildman–Crippen LogP) is 6.88. The Bertz CT molecular complexity index is 1350. The second-order valence-corrected chi connectivity index (χ2v) is 11.9. The monoisotopic (exact) mass is 498 g/mol. The molecule has 0 radical (unpaired) electrons. The first-order valence-electron chi connectivity index (χ1n) is 11.8. The van der Waals surface area contributed by atoms with Gasteiger partial charge in [0.1, 0.15) is 6.04 Å². The summed E-state index contributed by atoms with van der Waals surface area (Å²) in [5, 5.41) is 11.3. The lowest BCUT2D eigenvalue weighted by atomic mass is 9.73. The Labute approximate surface area is 213 Å². The number of hydrogen-bond acceptors (Lipinski definition) is 6. The number of Topliss-reactive ketones (excluding diaryl/α,β-unsaturated/α-hetero) is 1. The second kappa shape index (κ2) is 8.81. The van der Waals surface area contributed by atoms with E-state index in [0.717, 1.165) is 22.6 Å². The van der Waals surface area contributed by atoms with Crippen LogP contribution >= 0.6 is 23.1 Å². The fourth-order valence-corrected chi connectivity index (χ4v) is 6.93. The van der Waals surface area contributed by atoms with Crippen molar-refractivity contribution in [3.8, 4) is 0 Å². The van der Waals surface area contributed by atoms with E-state index >= 15 is 0 Å². The molecule has 6 rings (SSSR count). The average molecular weight is 499 g/mol. The van der Waals surface area contributed by atoms with Crippen molar-refractivity contribution in [3.05, 3.63) is 105 Å². The fourth-order valence-electron chi connectivity index (χ4n) is 5.04. The number of nitrogens with zero attached hydrogens (tertiary/aromatic N) is 3. The first-order chi connectivity index (χ1) is 17.0. The molecule has 1 unspecified atom stereocenters. The lowest BCUT2D eigenvalue weighted by Gasteiger charge is -2.37. The summed E-state index contributed by atoms with van der Waals surface area (Å²) in [5.41, 5.74) is 4.16. The Morgan fingerprint density at radius 2 is 1.69 bits per heavy atom. The minimum Gasteiger partial charge on any atom is -0.328 e. The Hall–Kier alpha value is -3.16. The van der Waals surface area contributed by atoms with Gasteiger partial charge in [0.15, 0.2) is 5.78 Å². The van der Waals surface area contributed by atoms with Crippen LogP contribution in [-0.4, -0.2) is 20.5 Å². The average Bonchev–Trinajstić information content (AvgIpc) is 3.51. The van der Waals surface area contributed by atoms with Crippen molar-refractivity contribution in [1.82, 2.24) is 14.8 Å². The standard InChI is InChI=1S/C28H26N4OS2/c1-28(2)16-20-23(21(33)17-28)24(22-14-9-15-34-22)32-26(29-20)30-27(31-32)35-25(18-10-5-3-6-11-18)19-12-7-4-8-13-19/h3-15,24-25H,16-17H2,1-2H3,(H,29,30,31). The van der Waals surface area contributed by atoms with E-state index in [4.69, 9.17) is 10.1 Å². The third kappa shape index (κ3) is 4.23. The van der Waals surface area contributed by atoms with Gasteiger partial charge in [-0.3, -0.25) is 4.79 Å². The van der Waals surface area contributed by atoms with E-state index in [1.807, 2.05) is 22.9 Å².